The lowest BCUT2D eigenvalue weighted by atomic mass is 10.3. The summed E-state index contributed by atoms with van der Waals surface area (Å²) in [6.45, 7) is -2.60. The minimum absolute atomic E-state index is 0.0169. The summed E-state index contributed by atoms with van der Waals surface area (Å²) in [5.74, 6) is -0.301. The van der Waals surface area contributed by atoms with Gasteiger partial charge >= 0.3 is 6.61 Å². The van der Waals surface area contributed by atoms with Crippen LogP contribution >= 0.6 is 0 Å². The molecule has 5 nitrogen and oxygen atoms in total. The minimum atomic E-state index is -2.88. The number of nitrogens with zero attached hydrogens (tertiary/aromatic N) is 3. The Hall–Kier alpha value is -2.38. The van der Waals surface area contributed by atoms with Gasteiger partial charge in [0, 0.05) is 0 Å². The predicted octanol–water partition coefficient (Wildman–Crippen LogP) is 2.22. The van der Waals surface area contributed by atoms with Crippen molar-refractivity contribution in [1.82, 2.24) is 15.0 Å². The number of halogens is 3. The fourth-order valence-corrected chi connectivity index (χ4v) is 1.26. The summed E-state index contributed by atoms with van der Waals surface area (Å²) in [4.78, 5) is 11.3. The van der Waals surface area contributed by atoms with Crippen molar-refractivity contribution in [3.8, 4) is 5.75 Å². The smallest absolute Gasteiger partial charge is 0.387 e. The Morgan fingerprint density at radius 3 is 2.42 bits per heavy atom. The second-order valence-electron chi connectivity index (χ2n) is 3.44. The first kappa shape index (κ1) is 13.1. The van der Waals surface area contributed by atoms with Crippen molar-refractivity contribution in [3.63, 3.8) is 0 Å². The van der Waals surface area contributed by atoms with E-state index in [0.29, 0.717) is 5.69 Å². The Bertz CT molecular complexity index is 518. The third kappa shape index (κ3) is 4.09. The highest BCUT2D eigenvalue weighted by molar-refractivity contribution is 5.26. The van der Waals surface area contributed by atoms with Crippen LogP contribution in [-0.4, -0.2) is 21.6 Å². The lowest BCUT2D eigenvalue weighted by Crippen LogP contribution is -2.06. The molecule has 8 heteroatoms. The second kappa shape index (κ2) is 5.98. The Morgan fingerprint density at radius 1 is 1.11 bits per heavy atom. The zero-order valence-electron chi connectivity index (χ0n) is 9.55. The molecule has 2 rings (SSSR count). The zero-order chi connectivity index (χ0) is 13.7. The molecule has 0 saturated carbocycles. The quantitative estimate of drug-likeness (QED) is 0.902. The molecule has 0 spiro atoms. The van der Waals surface area contributed by atoms with Crippen LogP contribution < -0.4 is 10.1 Å². The Kier molecular flexibility index (Phi) is 4.11. The van der Waals surface area contributed by atoms with Gasteiger partial charge in [0.25, 0.3) is 0 Å². The highest BCUT2D eigenvalue weighted by Crippen LogP contribution is 2.12. The summed E-state index contributed by atoms with van der Waals surface area (Å²) in [6, 6.07) is 2.90. The van der Waals surface area contributed by atoms with Gasteiger partial charge in [-0.2, -0.15) is 8.78 Å². The molecule has 0 aromatic carbocycles. The molecule has 2 heterocycles. The molecule has 1 N–H and O–H groups in total. The van der Waals surface area contributed by atoms with Crippen LogP contribution in [-0.2, 0) is 6.54 Å². The molecule has 0 aliphatic carbocycles. The highest BCUT2D eigenvalue weighted by Gasteiger charge is 2.04. The van der Waals surface area contributed by atoms with Gasteiger partial charge in [-0.05, 0) is 12.1 Å². The van der Waals surface area contributed by atoms with Crippen molar-refractivity contribution < 1.29 is 17.9 Å². The van der Waals surface area contributed by atoms with E-state index >= 15 is 0 Å². The van der Waals surface area contributed by atoms with Crippen LogP contribution in [0, 0.1) is 5.82 Å². The maximum atomic E-state index is 12.6. The number of aromatic nitrogens is 3. The summed E-state index contributed by atoms with van der Waals surface area (Å²) in [5, 5.41) is 2.81. The fraction of sp³-hybridized carbons (Fsp3) is 0.182. The molecule has 19 heavy (non-hydrogen) atoms. The second-order valence-corrected chi connectivity index (χ2v) is 3.44. The van der Waals surface area contributed by atoms with E-state index in [9.17, 15) is 13.2 Å². The third-order valence-electron chi connectivity index (χ3n) is 2.07. The van der Waals surface area contributed by atoms with Crippen molar-refractivity contribution in [3.05, 3.63) is 42.2 Å². The largest absolute Gasteiger partial charge is 0.433 e. The van der Waals surface area contributed by atoms with Crippen LogP contribution in [0.25, 0.3) is 0 Å². The number of nitrogens with one attached hydrogen (secondary N) is 1. The number of pyridine rings is 1. The minimum Gasteiger partial charge on any atom is -0.433 e. The van der Waals surface area contributed by atoms with Crippen molar-refractivity contribution >= 4 is 5.95 Å². The Balaban J connectivity index is 1.91. The fourth-order valence-electron chi connectivity index (χ4n) is 1.26. The van der Waals surface area contributed by atoms with E-state index < -0.39 is 12.4 Å². The summed E-state index contributed by atoms with van der Waals surface area (Å²) in [5.41, 5.74) is 0.578. The molecule has 0 atom stereocenters. The highest BCUT2D eigenvalue weighted by atomic mass is 19.3. The topological polar surface area (TPSA) is 59.9 Å². The summed E-state index contributed by atoms with van der Waals surface area (Å²) in [7, 11) is 0. The first-order valence-electron chi connectivity index (χ1n) is 5.24. The molecule has 0 radical (unpaired) electrons. The molecule has 100 valence electrons. The van der Waals surface area contributed by atoms with Crippen molar-refractivity contribution in [2.45, 2.75) is 13.2 Å². The van der Waals surface area contributed by atoms with Gasteiger partial charge in [0.05, 0.1) is 30.8 Å². The van der Waals surface area contributed by atoms with E-state index in [4.69, 9.17) is 0 Å². The zero-order valence-corrected chi connectivity index (χ0v) is 9.55. The van der Waals surface area contributed by atoms with Gasteiger partial charge < -0.3 is 10.1 Å². The number of hydrogen-bond donors (Lipinski definition) is 1. The van der Waals surface area contributed by atoms with Gasteiger partial charge in [-0.15, -0.1) is 0 Å². The van der Waals surface area contributed by atoms with Gasteiger partial charge in [-0.1, -0.05) is 0 Å². The first-order chi connectivity index (χ1) is 9.13. The van der Waals surface area contributed by atoms with Crippen molar-refractivity contribution in [1.29, 1.82) is 0 Å². The number of ether oxygens (including phenoxy) is 1. The van der Waals surface area contributed by atoms with E-state index in [0.717, 1.165) is 12.4 Å². The number of anilines is 1. The molecule has 2 aromatic rings. The normalized spacial score (nSPS) is 10.5. The van der Waals surface area contributed by atoms with Crippen LogP contribution in [0.15, 0.2) is 30.7 Å². The number of alkyl halides is 2. The molecule has 0 aliphatic rings. The molecule has 0 bridgehead atoms. The van der Waals surface area contributed by atoms with Crippen molar-refractivity contribution in [2.24, 2.45) is 0 Å². The summed E-state index contributed by atoms with van der Waals surface area (Å²) >= 11 is 0. The van der Waals surface area contributed by atoms with Crippen LogP contribution in [0.3, 0.4) is 0 Å². The van der Waals surface area contributed by atoms with E-state index in [1.807, 2.05) is 0 Å². The van der Waals surface area contributed by atoms with Crippen molar-refractivity contribution in [2.75, 3.05) is 5.32 Å². The first-order valence-corrected chi connectivity index (χ1v) is 5.24. The molecule has 0 unspecified atom stereocenters. The van der Waals surface area contributed by atoms with Crippen LogP contribution in [0.2, 0.25) is 0 Å². The van der Waals surface area contributed by atoms with Crippen LogP contribution in [0.4, 0.5) is 19.1 Å². The molecule has 0 amide bonds. The predicted molar refractivity (Wildman–Crippen MR) is 60.2 cm³/mol. The van der Waals surface area contributed by atoms with E-state index in [2.05, 4.69) is 25.0 Å². The maximum Gasteiger partial charge on any atom is 0.387 e. The molecule has 0 saturated heterocycles. The maximum absolute atomic E-state index is 12.6. The van der Waals surface area contributed by atoms with E-state index in [1.54, 1.807) is 0 Å². The molecule has 2 aromatic heterocycles. The van der Waals surface area contributed by atoms with Crippen LogP contribution in [0.1, 0.15) is 5.69 Å². The summed E-state index contributed by atoms with van der Waals surface area (Å²) < 4.78 is 40.5. The lowest BCUT2D eigenvalue weighted by molar-refractivity contribution is -0.0500. The van der Waals surface area contributed by atoms with E-state index in [1.165, 1.54) is 18.3 Å². The third-order valence-corrected chi connectivity index (χ3v) is 2.07. The van der Waals surface area contributed by atoms with Gasteiger partial charge in [0.1, 0.15) is 5.75 Å². The molecule has 0 aliphatic heterocycles. The average Bonchev–Trinajstić information content (AvgIpc) is 2.39. The monoisotopic (exact) mass is 270 g/mol. The Morgan fingerprint density at radius 2 is 1.84 bits per heavy atom. The van der Waals surface area contributed by atoms with Gasteiger partial charge in [0.2, 0.25) is 5.95 Å². The van der Waals surface area contributed by atoms with Crippen LogP contribution in [0.5, 0.6) is 5.75 Å². The van der Waals surface area contributed by atoms with Gasteiger partial charge in [0.15, 0.2) is 5.82 Å². The molecular formula is C11H9F3N4O. The summed E-state index contributed by atoms with van der Waals surface area (Å²) in [6.07, 6.45) is 3.25. The number of rotatable bonds is 5. The SMILES string of the molecule is Fc1cnc(NCc2ccc(OC(F)F)cn2)nc1. The van der Waals surface area contributed by atoms with Gasteiger partial charge in [-0.25, -0.2) is 14.4 Å². The van der Waals surface area contributed by atoms with Gasteiger partial charge in [-0.3, -0.25) is 4.98 Å². The standard InChI is InChI=1S/C11H9F3N4O/c12-7-3-16-11(17-4-7)18-5-8-1-2-9(6-15-8)19-10(13)14/h1-4,6,10H,5H2,(H,16,17,18). The Labute approximate surface area is 106 Å². The molecular weight excluding hydrogens is 261 g/mol. The number of hydrogen-bond acceptors (Lipinski definition) is 5. The average molecular weight is 270 g/mol. The van der Waals surface area contributed by atoms with E-state index in [-0.39, 0.29) is 18.2 Å². The molecule has 0 fully saturated rings. The lowest BCUT2D eigenvalue weighted by Gasteiger charge is -2.06.